The van der Waals surface area contributed by atoms with E-state index in [1.807, 2.05) is 13.8 Å². The number of ether oxygens (including phenoxy) is 8. The lowest BCUT2D eigenvalue weighted by atomic mass is 10.2. The summed E-state index contributed by atoms with van der Waals surface area (Å²) in [5.41, 5.74) is 0. The van der Waals surface area contributed by atoms with E-state index in [0.29, 0.717) is 0 Å². The van der Waals surface area contributed by atoms with Gasteiger partial charge in [0.25, 0.3) is 0 Å². The summed E-state index contributed by atoms with van der Waals surface area (Å²) in [6.07, 6.45) is 4.80. The summed E-state index contributed by atoms with van der Waals surface area (Å²) in [4.78, 5) is 45.2. The molecule has 12 nitrogen and oxygen atoms in total. The van der Waals surface area contributed by atoms with Crippen molar-refractivity contribution in [2.75, 3.05) is 26.4 Å². The molecule has 0 spiro atoms. The maximum absolute atomic E-state index is 11.5. The van der Waals surface area contributed by atoms with Gasteiger partial charge < -0.3 is 37.9 Å². The minimum Gasteiger partial charge on any atom is -0.463 e. The third-order valence-electron chi connectivity index (χ3n) is 6.47. The predicted molar refractivity (Wildman–Crippen MR) is 129 cm³/mol. The lowest BCUT2D eigenvalue weighted by Crippen LogP contribution is -2.24. The van der Waals surface area contributed by atoms with Crippen molar-refractivity contribution in [3.63, 3.8) is 0 Å². The van der Waals surface area contributed by atoms with Gasteiger partial charge in [-0.1, -0.05) is 26.7 Å². The first-order chi connectivity index (χ1) is 18.2. The van der Waals surface area contributed by atoms with Crippen molar-refractivity contribution in [3.8, 4) is 0 Å². The van der Waals surface area contributed by atoms with Crippen LogP contribution in [0, 0.1) is 0 Å². The van der Waals surface area contributed by atoms with Crippen molar-refractivity contribution >= 4 is 23.9 Å². The van der Waals surface area contributed by atoms with E-state index in [2.05, 4.69) is 13.8 Å². The highest BCUT2D eigenvalue weighted by Gasteiger charge is 2.40. The summed E-state index contributed by atoms with van der Waals surface area (Å²) >= 11 is 0. The Hall–Kier alpha value is -2.28. The first-order valence-corrected chi connectivity index (χ1v) is 13.5. The largest absolute Gasteiger partial charge is 0.463 e. The minimum absolute atomic E-state index is 0.0402. The van der Waals surface area contributed by atoms with Crippen molar-refractivity contribution < 1.29 is 57.1 Å². The quantitative estimate of drug-likeness (QED) is 0.127. The molecule has 8 atom stereocenters. The highest BCUT2D eigenvalue weighted by Crippen LogP contribution is 2.27. The molecule has 4 heterocycles. The average Bonchev–Trinajstić information content (AvgIpc) is 3.72. The molecule has 12 heteroatoms. The second-order valence-electron chi connectivity index (χ2n) is 9.83. The normalized spacial score (nSPS) is 31.7. The van der Waals surface area contributed by atoms with Gasteiger partial charge in [-0.25, -0.2) is 9.59 Å². The lowest BCUT2D eigenvalue weighted by molar-refractivity contribution is -0.168. The Bertz CT molecular complexity index is 750. The van der Waals surface area contributed by atoms with Gasteiger partial charge in [0.15, 0.2) is 0 Å². The Balaban J connectivity index is 0.000000221. The second kappa shape index (κ2) is 14.8. The molecule has 0 aromatic heterocycles. The van der Waals surface area contributed by atoms with Crippen molar-refractivity contribution in [2.24, 2.45) is 0 Å². The minimum atomic E-state index is -0.976. The zero-order chi connectivity index (χ0) is 27.7. The standard InChI is InChI=1S/C16H26O6.C10H14O6/c1-3-5-11-13(21-11)9-19-15(17)7-8-16(18)20-10-14-12(22-14)6-4-2;1-5-7(15-5)3-13-9(11)10(12)14-4-8-6(2)16-8/h11-14H,3-10H2,1-2H3;5-8H,3-4H2,1-2H3. The molecular formula is C26H40O12. The average molecular weight is 545 g/mol. The van der Waals surface area contributed by atoms with E-state index in [0.717, 1.165) is 25.7 Å². The lowest BCUT2D eigenvalue weighted by Gasteiger charge is -2.04. The fraction of sp³-hybridized carbons (Fsp3) is 0.846. The molecule has 8 unspecified atom stereocenters. The van der Waals surface area contributed by atoms with Crippen LogP contribution in [0.4, 0.5) is 0 Å². The Morgan fingerprint density at radius 3 is 1.18 bits per heavy atom. The van der Waals surface area contributed by atoms with Crippen LogP contribution in [0.1, 0.15) is 66.2 Å². The second-order valence-corrected chi connectivity index (χ2v) is 9.83. The molecule has 0 aromatic carbocycles. The number of hydrogen-bond acceptors (Lipinski definition) is 12. The molecule has 0 aliphatic carbocycles. The highest BCUT2D eigenvalue weighted by molar-refractivity contribution is 6.29. The van der Waals surface area contributed by atoms with Crippen LogP contribution in [0.3, 0.4) is 0 Å². The smallest absolute Gasteiger partial charge is 0.417 e. The number of hydrogen-bond donors (Lipinski definition) is 0. The molecule has 4 aliphatic rings. The molecule has 0 saturated carbocycles. The maximum Gasteiger partial charge on any atom is 0.417 e. The molecule has 4 aliphatic heterocycles. The van der Waals surface area contributed by atoms with E-state index >= 15 is 0 Å². The van der Waals surface area contributed by atoms with Crippen LogP contribution in [-0.4, -0.2) is 99.1 Å². The van der Waals surface area contributed by atoms with E-state index in [1.165, 1.54) is 0 Å². The van der Waals surface area contributed by atoms with E-state index in [4.69, 9.17) is 37.9 Å². The zero-order valence-electron chi connectivity index (χ0n) is 22.6. The Morgan fingerprint density at radius 1 is 0.526 bits per heavy atom. The first kappa shape index (κ1) is 30.3. The van der Waals surface area contributed by atoms with Gasteiger partial charge in [0.05, 0.1) is 37.3 Å². The molecule has 4 rings (SSSR count). The summed E-state index contributed by atoms with van der Waals surface area (Å²) in [5, 5.41) is 0. The zero-order valence-corrected chi connectivity index (χ0v) is 22.6. The summed E-state index contributed by atoms with van der Waals surface area (Å²) in [6, 6.07) is 0. The molecule has 0 amide bonds. The van der Waals surface area contributed by atoms with Gasteiger partial charge in [-0.2, -0.15) is 0 Å². The van der Waals surface area contributed by atoms with Gasteiger partial charge in [-0.05, 0) is 26.7 Å². The Kier molecular flexibility index (Phi) is 11.8. The van der Waals surface area contributed by atoms with Crippen LogP contribution < -0.4 is 0 Å². The summed E-state index contributed by atoms with van der Waals surface area (Å²) in [5.74, 6) is -2.71. The van der Waals surface area contributed by atoms with Crippen molar-refractivity contribution in [1.82, 2.24) is 0 Å². The van der Waals surface area contributed by atoms with Crippen LogP contribution in [0.5, 0.6) is 0 Å². The Labute approximate surface area is 222 Å². The van der Waals surface area contributed by atoms with Gasteiger partial charge >= 0.3 is 23.9 Å². The van der Waals surface area contributed by atoms with Crippen molar-refractivity contribution in [1.29, 1.82) is 0 Å². The van der Waals surface area contributed by atoms with Crippen LogP contribution in [0.15, 0.2) is 0 Å². The van der Waals surface area contributed by atoms with E-state index in [-0.39, 0.29) is 100 Å². The molecule has 0 bridgehead atoms. The van der Waals surface area contributed by atoms with Crippen LogP contribution >= 0.6 is 0 Å². The molecule has 0 aromatic rings. The monoisotopic (exact) mass is 544 g/mol. The Morgan fingerprint density at radius 2 is 0.868 bits per heavy atom. The molecule has 0 radical (unpaired) electrons. The molecule has 4 fully saturated rings. The number of esters is 4. The SMILES string of the molecule is CC1OC1COC(=O)C(=O)OCC1OC1C.CCCC1OC1COC(=O)CCC(=O)OCC1OC1CCC. The predicted octanol–water partition coefficient (Wildman–Crippen LogP) is 1.64. The number of rotatable bonds is 15. The van der Waals surface area contributed by atoms with Gasteiger partial charge in [0.1, 0.15) is 50.8 Å². The molecule has 0 N–H and O–H groups in total. The summed E-state index contributed by atoms with van der Waals surface area (Å²) in [7, 11) is 0. The molecule has 4 saturated heterocycles. The highest BCUT2D eigenvalue weighted by atomic mass is 16.7. The van der Waals surface area contributed by atoms with Crippen LogP contribution in [-0.2, 0) is 57.1 Å². The third-order valence-corrected chi connectivity index (χ3v) is 6.47. The van der Waals surface area contributed by atoms with Crippen LogP contribution in [0.25, 0.3) is 0 Å². The number of carbonyl (C=O) groups is 4. The summed E-state index contributed by atoms with van der Waals surface area (Å²) in [6.45, 7) is 8.68. The van der Waals surface area contributed by atoms with E-state index in [1.54, 1.807) is 0 Å². The number of epoxide rings is 4. The molecule has 38 heavy (non-hydrogen) atoms. The fourth-order valence-electron chi connectivity index (χ4n) is 3.67. The van der Waals surface area contributed by atoms with E-state index < -0.39 is 11.9 Å². The van der Waals surface area contributed by atoms with Gasteiger partial charge in [-0.15, -0.1) is 0 Å². The molecular weight excluding hydrogens is 504 g/mol. The summed E-state index contributed by atoms with van der Waals surface area (Å²) < 4.78 is 40.3. The molecule has 216 valence electrons. The maximum atomic E-state index is 11.5. The van der Waals surface area contributed by atoms with Gasteiger partial charge in [0, 0.05) is 0 Å². The van der Waals surface area contributed by atoms with Gasteiger partial charge in [-0.3, -0.25) is 9.59 Å². The first-order valence-electron chi connectivity index (χ1n) is 13.5. The number of carbonyl (C=O) groups excluding carboxylic acids is 4. The van der Waals surface area contributed by atoms with Crippen LogP contribution in [0.2, 0.25) is 0 Å². The fourth-order valence-corrected chi connectivity index (χ4v) is 3.67. The third kappa shape index (κ3) is 11.2. The topological polar surface area (TPSA) is 155 Å². The van der Waals surface area contributed by atoms with Crippen molar-refractivity contribution in [2.45, 2.75) is 115 Å². The van der Waals surface area contributed by atoms with Crippen molar-refractivity contribution in [3.05, 3.63) is 0 Å². The van der Waals surface area contributed by atoms with Gasteiger partial charge in [0.2, 0.25) is 0 Å². The van der Waals surface area contributed by atoms with E-state index in [9.17, 15) is 19.2 Å².